The highest BCUT2D eigenvalue weighted by molar-refractivity contribution is 9.10. The number of carbonyl (C=O) groups excluding carboxylic acids is 1. The van der Waals surface area contributed by atoms with Gasteiger partial charge >= 0.3 is 0 Å². The van der Waals surface area contributed by atoms with Gasteiger partial charge in [-0.2, -0.15) is 0 Å². The summed E-state index contributed by atoms with van der Waals surface area (Å²) in [6, 6.07) is 1.43. The topological polar surface area (TPSA) is 114 Å². The number of anilines is 1. The highest BCUT2D eigenvalue weighted by atomic mass is 79.9. The largest absolute Gasteiger partial charge is 0.383 e. The number of carbonyl (C=O) groups is 1. The molecular formula is C12H19BrN4O3S. The Hall–Kier alpha value is -1.19. The number of sulfonamides is 1. The first kappa shape index (κ1) is 17.9. The number of pyridine rings is 1. The second kappa shape index (κ2) is 7.71. The number of nitrogens with one attached hydrogen (secondary N) is 2. The molecule has 1 amide bonds. The predicted molar refractivity (Wildman–Crippen MR) is 84.1 cm³/mol. The lowest BCUT2D eigenvalue weighted by Crippen LogP contribution is -2.35. The minimum atomic E-state index is -3.79. The summed E-state index contributed by atoms with van der Waals surface area (Å²) < 4.78 is 27.0. The monoisotopic (exact) mass is 378 g/mol. The van der Waals surface area contributed by atoms with Gasteiger partial charge in [-0.05, 0) is 35.3 Å². The molecule has 0 aliphatic heterocycles. The van der Waals surface area contributed by atoms with Crippen LogP contribution in [0.4, 0.5) is 5.82 Å². The third-order valence-electron chi connectivity index (χ3n) is 2.80. The number of aromatic nitrogens is 1. The van der Waals surface area contributed by atoms with Crippen molar-refractivity contribution in [1.82, 2.24) is 15.0 Å². The Morgan fingerprint density at radius 1 is 1.52 bits per heavy atom. The molecule has 0 aliphatic rings. The molecule has 0 saturated heterocycles. The molecule has 0 fully saturated rings. The van der Waals surface area contributed by atoms with Crippen molar-refractivity contribution in [2.24, 2.45) is 0 Å². The minimum absolute atomic E-state index is 0.00342. The van der Waals surface area contributed by atoms with Crippen LogP contribution in [0, 0.1) is 0 Å². The Bertz CT molecular complexity index is 607. The molecule has 9 heteroatoms. The van der Waals surface area contributed by atoms with E-state index in [0.717, 1.165) is 6.42 Å². The maximum atomic E-state index is 12.1. The number of nitrogens with zero attached hydrogens (tertiary/aromatic N) is 1. The second-order valence-electron chi connectivity index (χ2n) is 4.56. The fourth-order valence-electron chi connectivity index (χ4n) is 1.47. The molecule has 1 aromatic rings. The molecule has 7 nitrogen and oxygen atoms in total. The Balaban J connectivity index is 2.62. The van der Waals surface area contributed by atoms with Crippen LogP contribution in [-0.2, 0) is 14.8 Å². The number of hydrogen-bond donors (Lipinski definition) is 3. The zero-order valence-electron chi connectivity index (χ0n) is 11.9. The van der Waals surface area contributed by atoms with Crippen molar-refractivity contribution in [3.05, 3.63) is 16.7 Å². The van der Waals surface area contributed by atoms with E-state index in [9.17, 15) is 13.2 Å². The normalized spacial score (nSPS) is 12.9. The van der Waals surface area contributed by atoms with Crippen LogP contribution >= 0.6 is 15.9 Å². The van der Waals surface area contributed by atoms with Crippen LogP contribution < -0.4 is 15.8 Å². The van der Waals surface area contributed by atoms with E-state index in [0.29, 0.717) is 4.47 Å². The molecule has 21 heavy (non-hydrogen) atoms. The van der Waals surface area contributed by atoms with Gasteiger partial charge in [-0.1, -0.05) is 6.92 Å². The third kappa shape index (κ3) is 5.60. The van der Waals surface area contributed by atoms with Crippen LogP contribution in [-0.4, -0.2) is 31.9 Å². The van der Waals surface area contributed by atoms with Gasteiger partial charge in [-0.25, -0.2) is 18.1 Å². The number of amides is 1. The maximum absolute atomic E-state index is 12.1. The van der Waals surface area contributed by atoms with Crippen LogP contribution in [0.25, 0.3) is 0 Å². The van der Waals surface area contributed by atoms with E-state index in [1.807, 2.05) is 13.8 Å². The van der Waals surface area contributed by atoms with Crippen molar-refractivity contribution in [2.75, 3.05) is 12.3 Å². The number of halogens is 1. The standard InChI is InChI=1S/C12H19BrN4O3S/c1-3-8(2)17-11(18)4-5-16-21(19,20)10-6-9(13)7-15-12(10)14/h6-8,16H,3-5H2,1-2H3,(H2,14,15)(H,17,18)/t8-/m1/s1. The van der Waals surface area contributed by atoms with Crippen LogP contribution in [0.2, 0.25) is 0 Å². The van der Waals surface area contributed by atoms with Crippen LogP contribution in [0.3, 0.4) is 0 Å². The van der Waals surface area contributed by atoms with E-state index in [2.05, 4.69) is 31.0 Å². The van der Waals surface area contributed by atoms with Gasteiger partial charge in [0.15, 0.2) is 0 Å². The molecule has 1 atom stereocenters. The fourth-order valence-corrected chi connectivity index (χ4v) is 3.09. The summed E-state index contributed by atoms with van der Waals surface area (Å²) in [6.45, 7) is 3.84. The van der Waals surface area contributed by atoms with E-state index >= 15 is 0 Å². The van der Waals surface area contributed by atoms with Crippen molar-refractivity contribution in [3.8, 4) is 0 Å². The SMILES string of the molecule is CC[C@@H](C)NC(=O)CCNS(=O)(=O)c1cc(Br)cnc1N. The van der Waals surface area contributed by atoms with Crippen molar-refractivity contribution >= 4 is 37.7 Å². The van der Waals surface area contributed by atoms with Crippen molar-refractivity contribution < 1.29 is 13.2 Å². The van der Waals surface area contributed by atoms with Crippen molar-refractivity contribution in [1.29, 1.82) is 0 Å². The Morgan fingerprint density at radius 2 is 2.19 bits per heavy atom. The summed E-state index contributed by atoms with van der Waals surface area (Å²) in [7, 11) is -3.79. The first-order chi connectivity index (χ1) is 9.76. The highest BCUT2D eigenvalue weighted by Crippen LogP contribution is 2.20. The highest BCUT2D eigenvalue weighted by Gasteiger charge is 2.19. The van der Waals surface area contributed by atoms with Gasteiger partial charge in [0.2, 0.25) is 15.9 Å². The van der Waals surface area contributed by atoms with E-state index in [1.54, 1.807) is 0 Å². The van der Waals surface area contributed by atoms with Gasteiger partial charge in [0.25, 0.3) is 0 Å². The molecular weight excluding hydrogens is 360 g/mol. The predicted octanol–water partition coefficient (Wildman–Crippen LogP) is 1.01. The van der Waals surface area contributed by atoms with Gasteiger partial charge in [-0.15, -0.1) is 0 Å². The lowest BCUT2D eigenvalue weighted by Gasteiger charge is -2.12. The number of nitrogens with two attached hydrogens (primary N) is 1. The molecule has 1 heterocycles. The number of rotatable bonds is 7. The maximum Gasteiger partial charge on any atom is 0.244 e. The molecule has 1 rings (SSSR count). The van der Waals surface area contributed by atoms with Crippen LogP contribution in [0.5, 0.6) is 0 Å². The molecule has 0 spiro atoms. The second-order valence-corrected chi connectivity index (χ2v) is 7.21. The first-order valence-corrected chi connectivity index (χ1v) is 8.74. The van der Waals surface area contributed by atoms with Gasteiger partial charge < -0.3 is 11.1 Å². The van der Waals surface area contributed by atoms with E-state index < -0.39 is 10.0 Å². The summed E-state index contributed by atoms with van der Waals surface area (Å²) in [4.78, 5) is 15.2. The summed E-state index contributed by atoms with van der Waals surface area (Å²) in [5, 5.41) is 2.76. The average molecular weight is 379 g/mol. The quantitative estimate of drug-likeness (QED) is 0.654. The first-order valence-electron chi connectivity index (χ1n) is 6.46. The molecule has 0 saturated carbocycles. The van der Waals surface area contributed by atoms with Crippen LogP contribution in [0.15, 0.2) is 21.6 Å². The average Bonchev–Trinajstić information content (AvgIpc) is 2.40. The number of hydrogen-bond acceptors (Lipinski definition) is 5. The smallest absolute Gasteiger partial charge is 0.244 e. The van der Waals surface area contributed by atoms with E-state index in [1.165, 1.54) is 12.3 Å². The van der Waals surface area contributed by atoms with E-state index in [-0.39, 0.29) is 35.6 Å². The van der Waals surface area contributed by atoms with Gasteiger partial charge in [0.05, 0.1) is 0 Å². The van der Waals surface area contributed by atoms with Crippen LogP contribution in [0.1, 0.15) is 26.7 Å². The summed E-state index contributed by atoms with van der Waals surface area (Å²) in [5.41, 5.74) is 5.56. The molecule has 4 N–H and O–H groups in total. The molecule has 118 valence electrons. The van der Waals surface area contributed by atoms with E-state index in [4.69, 9.17) is 5.73 Å². The zero-order valence-corrected chi connectivity index (χ0v) is 14.3. The molecule has 1 aromatic heterocycles. The van der Waals surface area contributed by atoms with Gasteiger partial charge in [0.1, 0.15) is 10.7 Å². The molecule has 0 bridgehead atoms. The van der Waals surface area contributed by atoms with Gasteiger partial charge in [-0.3, -0.25) is 4.79 Å². The summed E-state index contributed by atoms with van der Waals surface area (Å²) >= 11 is 3.14. The fraction of sp³-hybridized carbons (Fsp3) is 0.500. The molecule has 0 aliphatic carbocycles. The Kier molecular flexibility index (Phi) is 6.56. The zero-order chi connectivity index (χ0) is 16.0. The molecule has 0 unspecified atom stereocenters. The summed E-state index contributed by atoms with van der Waals surface area (Å²) in [5.74, 6) is -0.290. The lowest BCUT2D eigenvalue weighted by atomic mass is 10.2. The van der Waals surface area contributed by atoms with Gasteiger partial charge in [0, 0.05) is 29.7 Å². The van der Waals surface area contributed by atoms with Crippen molar-refractivity contribution in [2.45, 2.75) is 37.6 Å². The minimum Gasteiger partial charge on any atom is -0.383 e. The Morgan fingerprint density at radius 3 is 2.81 bits per heavy atom. The molecule has 0 radical (unpaired) electrons. The summed E-state index contributed by atoms with van der Waals surface area (Å²) in [6.07, 6.45) is 2.29. The Labute approximate surface area is 132 Å². The lowest BCUT2D eigenvalue weighted by molar-refractivity contribution is -0.121. The third-order valence-corrected chi connectivity index (χ3v) is 4.73. The number of nitrogen functional groups attached to an aromatic ring is 1. The van der Waals surface area contributed by atoms with Crippen molar-refractivity contribution in [3.63, 3.8) is 0 Å². The molecule has 0 aromatic carbocycles.